The van der Waals surface area contributed by atoms with E-state index in [0.29, 0.717) is 17.5 Å². The van der Waals surface area contributed by atoms with Crippen molar-refractivity contribution in [3.05, 3.63) is 48.2 Å². The van der Waals surface area contributed by atoms with Gasteiger partial charge in [0.05, 0.1) is 0 Å². The first-order valence-electron chi connectivity index (χ1n) is 8.68. The van der Waals surface area contributed by atoms with Gasteiger partial charge >= 0.3 is 0 Å². The fraction of sp³-hybridized carbons (Fsp3) is 0.474. The van der Waals surface area contributed by atoms with Crippen LogP contribution in [0.5, 0.6) is 5.75 Å². The quantitative estimate of drug-likeness (QED) is 0.807. The predicted octanol–water partition coefficient (Wildman–Crippen LogP) is 2.67. The molecule has 6 nitrogen and oxygen atoms in total. The zero-order chi connectivity index (χ0) is 17.6. The van der Waals surface area contributed by atoms with E-state index in [0.717, 1.165) is 31.8 Å². The number of ether oxygens (including phenoxy) is 1. The predicted molar refractivity (Wildman–Crippen MR) is 94.5 cm³/mol. The molecule has 0 radical (unpaired) electrons. The monoisotopic (exact) mass is 343 g/mol. The Hall–Kier alpha value is -2.34. The van der Waals surface area contributed by atoms with Crippen molar-refractivity contribution in [1.29, 1.82) is 0 Å². The van der Waals surface area contributed by atoms with Crippen LogP contribution in [0.25, 0.3) is 0 Å². The number of benzene rings is 1. The summed E-state index contributed by atoms with van der Waals surface area (Å²) in [5.74, 6) is 1.55. The van der Waals surface area contributed by atoms with Crippen molar-refractivity contribution in [2.24, 2.45) is 5.92 Å². The van der Waals surface area contributed by atoms with Crippen molar-refractivity contribution in [2.45, 2.75) is 19.4 Å². The standard InChI is InChI=1S/C19H25N3O3/c1-21-10-6-7-15(11-21)12-22(2)19(23)17-13-25-18(20-17)14-24-16-8-4-3-5-9-16/h3-5,8-9,13,15H,6-7,10-12,14H2,1-2H3. The normalized spacial score (nSPS) is 18.1. The Bertz CT molecular complexity index is 686. The summed E-state index contributed by atoms with van der Waals surface area (Å²) in [7, 11) is 3.95. The molecule has 1 amide bonds. The van der Waals surface area contributed by atoms with E-state index in [2.05, 4.69) is 16.9 Å². The number of nitrogens with zero attached hydrogens (tertiary/aromatic N) is 3. The van der Waals surface area contributed by atoms with Crippen molar-refractivity contribution in [3.8, 4) is 5.75 Å². The molecule has 1 aliphatic rings. The molecular weight excluding hydrogens is 318 g/mol. The first-order valence-corrected chi connectivity index (χ1v) is 8.68. The highest BCUT2D eigenvalue weighted by Gasteiger charge is 2.23. The number of aromatic nitrogens is 1. The lowest BCUT2D eigenvalue weighted by Crippen LogP contribution is -2.40. The summed E-state index contributed by atoms with van der Waals surface area (Å²) < 4.78 is 11.0. The van der Waals surface area contributed by atoms with Gasteiger partial charge in [0.15, 0.2) is 12.3 Å². The number of carbonyl (C=O) groups is 1. The topological polar surface area (TPSA) is 58.8 Å². The van der Waals surface area contributed by atoms with Gasteiger partial charge in [0.2, 0.25) is 5.89 Å². The Kier molecular flexibility index (Phi) is 5.71. The van der Waals surface area contributed by atoms with Crippen LogP contribution in [-0.4, -0.2) is 54.4 Å². The summed E-state index contributed by atoms with van der Waals surface area (Å²) >= 11 is 0. The Balaban J connectivity index is 1.52. The van der Waals surface area contributed by atoms with Crippen LogP contribution in [0.15, 0.2) is 41.0 Å². The van der Waals surface area contributed by atoms with E-state index in [1.165, 1.54) is 12.7 Å². The van der Waals surface area contributed by atoms with E-state index in [9.17, 15) is 4.79 Å². The Morgan fingerprint density at radius 3 is 2.96 bits per heavy atom. The maximum Gasteiger partial charge on any atom is 0.275 e. The number of likely N-dealkylation sites (tertiary alicyclic amines) is 1. The summed E-state index contributed by atoms with van der Waals surface area (Å²) in [6.45, 7) is 3.12. The zero-order valence-corrected chi connectivity index (χ0v) is 14.9. The summed E-state index contributed by atoms with van der Waals surface area (Å²) in [5, 5.41) is 0. The second-order valence-corrected chi connectivity index (χ2v) is 6.68. The summed E-state index contributed by atoms with van der Waals surface area (Å²) in [6, 6.07) is 9.46. The fourth-order valence-corrected chi connectivity index (χ4v) is 3.23. The number of amides is 1. The van der Waals surface area contributed by atoms with Gasteiger partial charge in [-0.15, -0.1) is 0 Å². The third kappa shape index (κ3) is 4.82. The van der Waals surface area contributed by atoms with Gasteiger partial charge in [0.1, 0.15) is 12.0 Å². The van der Waals surface area contributed by atoms with Gasteiger partial charge in [-0.3, -0.25) is 4.79 Å². The van der Waals surface area contributed by atoms with Gasteiger partial charge in [-0.25, -0.2) is 4.98 Å². The van der Waals surface area contributed by atoms with Gasteiger partial charge in [-0.1, -0.05) is 18.2 Å². The molecule has 1 aliphatic heterocycles. The van der Waals surface area contributed by atoms with Crippen LogP contribution in [0.4, 0.5) is 0 Å². The van der Waals surface area contributed by atoms with E-state index < -0.39 is 0 Å². The molecule has 25 heavy (non-hydrogen) atoms. The fourth-order valence-electron chi connectivity index (χ4n) is 3.23. The van der Waals surface area contributed by atoms with Crippen LogP contribution in [0.1, 0.15) is 29.2 Å². The van der Waals surface area contributed by atoms with Crippen LogP contribution in [0.3, 0.4) is 0 Å². The molecule has 3 rings (SSSR count). The van der Waals surface area contributed by atoms with Crippen LogP contribution < -0.4 is 4.74 Å². The summed E-state index contributed by atoms with van der Waals surface area (Å²) in [6.07, 6.45) is 3.76. The molecule has 2 heterocycles. The number of rotatable bonds is 6. The highest BCUT2D eigenvalue weighted by atomic mass is 16.5. The summed E-state index contributed by atoms with van der Waals surface area (Å²) in [4.78, 5) is 20.9. The van der Waals surface area contributed by atoms with Crippen LogP contribution >= 0.6 is 0 Å². The number of oxazole rings is 1. The second-order valence-electron chi connectivity index (χ2n) is 6.68. The molecule has 0 aliphatic carbocycles. The highest BCUT2D eigenvalue weighted by molar-refractivity contribution is 5.91. The molecule has 1 unspecified atom stereocenters. The Morgan fingerprint density at radius 2 is 2.20 bits per heavy atom. The molecule has 6 heteroatoms. The van der Waals surface area contributed by atoms with Crippen molar-refractivity contribution >= 4 is 5.91 Å². The molecule has 134 valence electrons. The SMILES string of the molecule is CN1CCCC(CN(C)C(=O)c2coc(COc3ccccc3)n2)C1. The first kappa shape index (κ1) is 17.5. The van der Waals surface area contributed by atoms with Gasteiger partial charge in [-0.05, 0) is 44.5 Å². The molecule has 1 aromatic heterocycles. The number of hydrogen-bond acceptors (Lipinski definition) is 5. The van der Waals surface area contributed by atoms with Crippen molar-refractivity contribution in [2.75, 3.05) is 33.7 Å². The van der Waals surface area contributed by atoms with Crippen LogP contribution in [-0.2, 0) is 6.61 Å². The molecule has 1 saturated heterocycles. The zero-order valence-electron chi connectivity index (χ0n) is 14.9. The van der Waals surface area contributed by atoms with E-state index in [4.69, 9.17) is 9.15 Å². The molecule has 0 bridgehead atoms. The summed E-state index contributed by atoms with van der Waals surface area (Å²) in [5.41, 5.74) is 0.332. The van der Waals surface area contributed by atoms with Crippen LogP contribution in [0.2, 0.25) is 0 Å². The van der Waals surface area contributed by atoms with Crippen molar-refractivity contribution in [1.82, 2.24) is 14.8 Å². The lowest BCUT2D eigenvalue weighted by Gasteiger charge is -2.32. The van der Waals surface area contributed by atoms with Gasteiger partial charge in [0.25, 0.3) is 5.91 Å². The average molecular weight is 343 g/mol. The molecular formula is C19H25N3O3. The molecule has 1 aromatic carbocycles. The minimum absolute atomic E-state index is 0.108. The molecule has 0 saturated carbocycles. The number of carbonyl (C=O) groups excluding carboxylic acids is 1. The Morgan fingerprint density at radius 1 is 1.40 bits per heavy atom. The lowest BCUT2D eigenvalue weighted by atomic mass is 9.98. The third-order valence-electron chi connectivity index (χ3n) is 4.48. The molecule has 0 spiro atoms. The molecule has 2 aromatic rings. The molecule has 0 N–H and O–H groups in total. The Labute approximate surface area is 148 Å². The average Bonchev–Trinajstić information content (AvgIpc) is 3.09. The van der Waals surface area contributed by atoms with E-state index in [1.54, 1.807) is 4.90 Å². The van der Waals surface area contributed by atoms with Gasteiger partial charge < -0.3 is 19.0 Å². The maximum atomic E-state index is 12.5. The van der Waals surface area contributed by atoms with E-state index in [1.807, 2.05) is 37.4 Å². The molecule has 1 atom stereocenters. The first-order chi connectivity index (χ1) is 12.1. The largest absolute Gasteiger partial charge is 0.484 e. The minimum Gasteiger partial charge on any atom is -0.484 e. The van der Waals surface area contributed by atoms with E-state index >= 15 is 0 Å². The number of piperidine rings is 1. The lowest BCUT2D eigenvalue weighted by molar-refractivity contribution is 0.0735. The smallest absolute Gasteiger partial charge is 0.275 e. The van der Waals surface area contributed by atoms with E-state index in [-0.39, 0.29) is 12.5 Å². The molecule has 1 fully saturated rings. The number of para-hydroxylation sites is 1. The highest BCUT2D eigenvalue weighted by Crippen LogP contribution is 2.17. The van der Waals surface area contributed by atoms with Crippen LogP contribution in [0, 0.1) is 5.92 Å². The van der Waals surface area contributed by atoms with Crippen molar-refractivity contribution < 1.29 is 13.9 Å². The maximum absolute atomic E-state index is 12.5. The van der Waals surface area contributed by atoms with Crippen molar-refractivity contribution in [3.63, 3.8) is 0 Å². The minimum atomic E-state index is -0.108. The van der Waals surface area contributed by atoms with Gasteiger partial charge in [-0.2, -0.15) is 0 Å². The number of hydrogen-bond donors (Lipinski definition) is 0. The van der Waals surface area contributed by atoms with Gasteiger partial charge in [0, 0.05) is 20.1 Å². The second kappa shape index (κ2) is 8.16. The third-order valence-corrected chi connectivity index (χ3v) is 4.48.